The highest BCUT2D eigenvalue weighted by Crippen LogP contribution is 2.15. The largest absolute Gasteiger partial charge is 0.462 e. The van der Waals surface area contributed by atoms with E-state index in [1.54, 1.807) is 0 Å². The van der Waals surface area contributed by atoms with Gasteiger partial charge in [-0.3, -0.25) is 9.59 Å². The van der Waals surface area contributed by atoms with Gasteiger partial charge in [-0.15, -0.1) is 0 Å². The van der Waals surface area contributed by atoms with Crippen LogP contribution < -0.4 is 0 Å². The highest BCUT2D eigenvalue weighted by molar-refractivity contribution is 5.70. The number of unbranched alkanes of at least 4 members (excludes halogenated alkanes) is 25. The van der Waals surface area contributed by atoms with E-state index in [4.69, 9.17) is 14.2 Å². The molecule has 0 saturated heterocycles. The Morgan fingerprint density at radius 2 is 0.710 bits per heavy atom. The summed E-state index contributed by atoms with van der Waals surface area (Å²) in [5.74, 6) is -0.421. The molecule has 0 aromatic carbocycles. The molecule has 0 amide bonds. The van der Waals surface area contributed by atoms with E-state index in [0.717, 1.165) is 77.0 Å². The first-order valence-electron chi connectivity index (χ1n) is 26.5. The number of hydrogen-bond acceptors (Lipinski definition) is 5. The van der Waals surface area contributed by atoms with Gasteiger partial charge in [-0.25, -0.2) is 0 Å². The first-order valence-corrected chi connectivity index (χ1v) is 26.5. The summed E-state index contributed by atoms with van der Waals surface area (Å²) in [4.78, 5) is 25.4. The smallest absolute Gasteiger partial charge is 0.306 e. The molecule has 0 radical (unpaired) electrons. The maximum Gasteiger partial charge on any atom is 0.306 e. The zero-order chi connectivity index (χ0) is 44.9. The molecule has 0 aliphatic rings. The molecule has 0 heterocycles. The average Bonchev–Trinajstić information content (AvgIpc) is 3.27. The fraction of sp³-hybridized carbons (Fsp3) is 0.754. The van der Waals surface area contributed by atoms with Crippen LogP contribution in [0.5, 0.6) is 0 Å². The van der Waals surface area contributed by atoms with Crippen molar-refractivity contribution in [2.75, 3.05) is 19.8 Å². The number of carbonyl (C=O) groups is 2. The third kappa shape index (κ3) is 50.0. The van der Waals surface area contributed by atoms with E-state index in [9.17, 15) is 9.59 Å². The molecule has 0 aromatic rings. The lowest BCUT2D eigenvalue weighted by Gasteiger charge is -2.18. The van der Waals surface area contributed by atoms with Crippen LogP contribution in [0.2, 0.25) is 0 Å². The van der Waals surface area contributed by atoms with Crippen LogP contribution in [0.1, 0.15) is 252 Å². The molecule has 5 heteroatoms. The molecule has 0 aromatic heterocycles. The van der Waals surface area contributed by atoms with Crippen LogP contribution >= 0.6 is 0 Å². The molecule has 0 bridgehead atoms. The van der Waals surface area contributed by atoms with Gasteiger partial charge in [-0.05, 0) is 64.2 Å². The summed E-state index contributed by atoms with van der Waals surface area (Å²) in [5.41, 5.74) is 0. The number of ether oxygens (including phenoxy) is 3. The minimum atomic E-state index is -0.564. The van der Waals surface area contributed by atoms with Crippen LogP contribution in [0.25, 0.3) is 0 Å². The third-order valence-electron chi connectivity index (χ3n) is 11.3. The molecule has 0 rings (SSSR count). The first kappa shape index (κ1) is 59.3. The quantitative estimate of drug-likeness (QED) is 0.0346. The number of hydrogen-bond donors (Lipinski definition) is 0. The topological polar surface area (TPSA) is 61.8 Å². The highest BCUT2D eigenvalue weighted by Gasteiger charge is 2.17. The number of carbonyl (C=O) groups excluding carboxylic acids is 2. The second kappa shape index (κ2) is 52.7. The van der Waals surface area contributed by atoms with Crippen LogP contribution in [-0.2, 0) is 23.8 Å². The number of rotatable bonds is 48. The van der Waals surface area contributed by atoms with Gasteiger partial charge in [0.1, 0.15) is 6.61 Å². The molecular weight excluding hydrogens is 765 g/mol. The molecule has 0 spiro atoms. The van der Waals surface area contributed by atoms with Crippen molar-refractivity contribution in [1.29, 1.82) is 0 Å². The summed E-state index contributed by atoms with van der Waals surface area (Å²) in [6, 6.07) is 0. The minimum Gasteiger partial charge on any atom is -0.462 e. The fourth-order valence-electron chi connectivity index (χ4n) is 7.35. The van der Waals surface area contributed by atoms with Gasteiger partial charge in [0.15, 0.2) is 6.10 Å². The van der Waals surface area contributed by atoms with Crippen molar-refractivity contribution in [2.45, 2.75) is 258 Å². The summed E-state index contributed by atoms with van der Waals surface area (Å²) in [5, 5.41) is 0. The van der Waals surface area contributed by atoms with E-state index in [2.05, 4.69) is 93.7 Å². The van der Waals surface area contributed by atoms with Crippen molar-refractivity contribution in [2.24, 2.45) is 0 Å². The van der Waals surface area contributed by atoms with E-state index < -0.39 is 6.10 Å². The van der Waals surface area contributed by atoms with Gasteiger partial charge in [0.05, 0.1) is 6.61 Å². The van der Waals surface area contributed by atoms with Gasteiger partial charge in [0.25, 0.3) is 0 Å². The van der Waals surface area contributed by atoms with E-state index in [1.807, 2.05) is 0 Å². The summed E-state index contributed by atoms with van der Waals surface area (Å²) >= 11 is 0. The van der Waals surface area contributed by atoms with Crippen LogP contribution in [0.3, 0.4) is 0 Å². The third-order valence-corrected chi connectivity index (χ3v) is 11.3. The Morgan fingerprint density at radius 1 is 0.371 bits per heavy atom. The lowest BCUT2D eigenvalue weighted by molar-refractivity contribution is -0.163. The maximum atomic E-state index is 12.8. The molecule has 0 fully saturated rings. The molecule has 0 N–H and O–H groups in total. The van der Waals surface area contributed by atoms with Crippen molar-refractivity contribution >= 4 is 11.9 Å². The van der Waals surface area contributed by atoms with E-state index in [-0.39, 0.29) is 25.2 Å². The Balaban J connectivity index is 4.35. The molecule has 5 nitrogen and oxygen atoms in total. The zero-order valence-corrected chi connectivity index (χ0v) is 41.1. The van der Waals surface area contributed by atoms with Crippen LogP contribution in [0, 0.1) is 0 Å². The van der Waals surface area contributed by atoms with E-state index >= 15 is 0 Å². The Bertz CT molecular complexity index is 1110. The molecule has 1 unspecified atom stereocenters. The Morgan fingerprint density at radius 3 is 1.10 bits per heavy atom. The van der Waals surface area contributed by atoms with Crippen LogP contribution in [-0.4, -0.2) is 37.9 Å². The van der Waals surface area contributed by atoms with E-state index in [1.165, 1.54) is 141 Å². The molecular formula is C57H100O5. The Hall–Kier alpha value is -2.66. The van der Waals surface area contributed by atoms with Gasteiger partial charge in [0.2, 0.25) is 0 Å². The summed E-state index contributed by atoms with van der Waals surface area (Å²) in [7, 11) is 0. The number of allylic oxidation sites excluding steroid dienone is 12. The summed E-state index contributed by atoms with van der Waals surface area (Å²) < 4.78 is 17.3. The lowest BCUT2D eigenvalue weighted by atomic mass is 10.0. The first-order chi connectivity index (χ1) is 30.6. The summed E-state index contributed by atoms with van der Waals surface area (Å²) in [6.45, 7) is 7.59. The van der Waals surface area contributed by atoms with Crippen molar-refractivity contribution in [3.8, 4) is 0 Å². The van der Waals surface area contributed by atoms with Gasteiger partial charge < -0.3 is 14.2 Å². The predicted molar refractivity (Wildman–Crippen MR) is 270 cm³/mol. The lowest BCUT2D eigenvalue weighted by Crippen LogP contribution is -2.30. The second-order valence-electron chi connectivity index (χ2n) is 17.4. The predicted octanol–water partition coefficient (Wildman–Crippen LogP) is 17.9. The van der Waals surface area contributed by atoms with Crippen LogP contribution in [0.15, 0.2) is 72.9 Å². The highest BCUT2D eigenvalue weighted by atomic mass is 16.6. The Kier molecular flexibility index (Phi) is 50.4. The zero-order valence-electron chi connectivity index (χ0n) is 41.1. The van der Waals surface area contributed by atoms with Crippen molar-refractivity contribution < 1.29 is 23.8 Å². The molecule has 0 aliphatic carbocycles. The van der Waals surface area contributed by atoms with Crippen molar-refractivity contribution in [3.63, 3.8) is 0 Å². The standard InChI is InChI=1S/C57H100O5/c1-4-7-10-13-16-19-22-25-26-27-28-29-30-31-34-37-40-43-46-49-52-60-53-55(62-57(59)51-48-45-42-39-36-33-24-21-18-15-12-9-6-3)54-61-56(58)50-47-44-41-38-35-32-23-20-17-14-11-8-5-2/h7,10,16,19,25-26,28-29,31,34,40,43,55H,4-6,8-9,11-15,17-18,20-24,27,30,32-33,35-39,41-42,44-54H2,1-3H3/b10-7-,19-16-,26-25-,29-28-,34-31-,43-40-. The van der Waals surface area contributed by atoms with Gasteiger partial charge in [0, 0.05) is 19.4 Å². The van der Waals surface area contributed by atoms with Gasteiger partial charge in [-0.2, -0.15) is 0 Å². The molecule has 0 saturated carbocycles. The van der Waals surface area contributed by atoms with E-state index in [0.29, 0.717) is 19.4 Å². The second-order valence-corrected chi connectivity index (χ2v) is 17.4. The molecule has 0 aliphatic heterocycles. The number of esters is 2. The van der Waals surface area contributed by atoms with Gasteiger partial charge >= 0.3 is 11.9 Å². The molecule has 62 heavy (non-hydrogen) atoms. The fourth-order valence-corrected chi connectivity index (χ4v) is 7.35. The minimum absolute atomic E-state index is 0.0643. The molecule has 1 atom stereocenters. The molecule has 358 valence electrons. The average molecular weight is 865 g/mol. The SMILES string of the molecule is CC/C=C\C/C=C\C/C=C\C/C=C\C/C=C\C/C=C\CCCOCC(COC(=O)CCCCCCCCCCCCCCC)OC(=O)CCCCCCCCCCCCCCC. The van der Waals surface area contributed by atoms with Crippen molar-refractivity contribution in [3.05, 3.63) is 72.9 Å². The summed E-state index contributed by atoms with van der Waals surface area (Å²) in [6.07, 6.45) is 67.8. The van der Waals surface area contributed by atoms with Gasteiger partial charge in [-0.1, -0.05) is 248 Å². The Labute approximate surface area is 385 Å². The normalized spacial score (nSPS) is 12.8. The monoisotopic (exact) mass is 865 g/mol. The maximum absolute atomic E-state index is 12.8. The van der Waals surface area contributed by atoms with Crippen molar-refractivity contribution in [1.82, 2.24) is 0 Å². The van der Waals surface area contributed by atoms with Crippen LogP contribution in [0.4, 0.5) is 0 Å².